The molecule has 1 fully saturated rings. The number of benzene rings is 3. The standard InChI is InChI=1S/C27H29N3O/c1-29-16-13-24-19-23(11-12-25(24)27(29)31)20-7-9-22(10-8-20)26(21-5-3-2-4-6-21)30-17-14-28-15-18-30/h2-12,19,26,28H,13-18H2,1H3. The lowest BCUT2D eigenvalue weighted by Gasteiger charge is -2.35. The first-order valence-corrected chi connectivity index (χ1v) is 11.2. The fourth-order valence-corrected chi connectivity index (χ4v) is 4.83. The smallest absolute Gasteiger partial charge is 0.253 e. The zero-order valence-corrected chi connectivity index (χ0v) is 18.1. The van der Waals surface area contributed by atoms with E-state index in [1.807, 2.05) is 13.1 Å². The second kappa shape index (κ2) is 8.66. The number of carbonyl (C=O) groups excluding carboxylic acids is 1. The van der Waals surface area contributed by atoms with Crippen LogP contribution in [-0.4, -0.2) is 55.5 Å². The fraction of sp³-hybridized carbons (Fsp3) is 0.296. The van der Waals surface area contributed by atoms with E-state index >= 15 is 0 Å². The Morgan fingerprint density at radius 1 is 0.806 bits per heavy atom. The number of nitrogens with one attached hydrogen (secondary N) is 1. The van der Waals surface area contributed by atoms with Gasteiger partial charge in [-0.3, -0.25) is 9.69 Å². The molecular formula is C27H29N3O. The number of fused-ring (bicyclic) bond motifs is 1. The molecule has 3 aromatic rings. The van der Waals surface area contributed by atoms with Gasteiger partial charge >= 0.3 is 0 Å². The van der Waals surface area contributed by atoms with E-state index in [1.54, 1.807) is 4.90 Å². The number of amides is 1. The number of nitrogens with zero attached hydrogens (tertiary/aromatic N) is 2. The molecule has 0 aliphatic carbocycles. The maximum atomic E-state index is 12.4. The highest BCUT2D eigenvalue weighted by Gasteiger charge is 2.24. The minimum Gasteiger partial charge on any atom is -0.341 e. The number of hydrogen-bond donors (Lipinski definition) is 1. The summed E-state index contributed by atoms with van der Waals surface area (Å²) in [5.41, 5.74) is 7.05. The maximum Gasteiger partial charge on any atom is 0.253 e. The summed E-state index contributed by atoms with van der Waals surface area (Å²) in [6, 6.07) is 26.3. The van der Waals surface area contributed by atoms with Crippen LogP contribution in [0.25, 0.3) is 11.1 Å². The highest BCUT2D eigenvalue weighted by molar-refractivity contribution is 5.97. The summed E-state index contributed by atoms with van der Waals surface area (Å²) in [5.74, 6) is 0.130. The Hall–Kier alpha value is -2.95. The predicted molar refractivity (Wildman–Crippen MR) is 125 cm³/mol. The van der Waals surface area contributed by atoms with Gasteiger partial charge in [-0.1, -0.05) is 66.7 Å². The van der Waals surface area contributed by atoms with Crippen molar-refractivity contribution < 1.29 is 4.79 Å². The van der Waals surface area contributed by atoms with Crippen molar-refractivity contribution in [3.8, 4) is 11.1 Å². The molecular weight excluding hydrogens is 382 g/mol. The molecule has 0 spiro atoms. The van der Waals surface area contributed by atoms with Gasteiger partial charge in [0, 0.05) is 45.3 Å². The normalized spacial score (nSPS) is 18.0. The largest absolute Gasteiger partial charge is 0.341 e. The molecule has 5 rings (SSSR count). The van der Waals surface area contributed by atoms with Crippen LogP contribution in [0.4, 0.5) is 0 Å². The Morgan fingerprint density at radius 3 is 2.23 bits per heavy atom. The Bertz CT molecular complexity index is 1060. The van der Waals surface area contributed by atoms with Crippen LogP contribution in [0.1, 0.15) is 33.1 Å². The summed E-state index contributed by atoms with van der Waals surface area (Å²) in [7, 11) is 1.87. The van der Waals surface area contributed by atoms with E-state index in [2.05, 4.69) is 76.9 Å². The third-order valence-electron chi connectivity index (χ3n) is 6.59. The SMILES string of the molecule is CN1CCc2cc(-c3ccc(C(c4ccccc4)N4CCNCC4)cc3)ccc2C1=O. The first-order valence-electron chi connectivity index (χ1n) is 11.2. The minimum absolute atomic E-state index is 0.130. The Morgan fingerprint density at radius 2 is 1.48 bits per heavy atom. The van der Waals surface area contributed by atoms with Crippen LogP contribution >= 0.6 is 0 Å². The van der Waals surface area contributed by atoms with Gasteiger partial charge in [-0.25, -0.2) is 0 Å². The number of hydrogen-bond acceptors (Lipinski definition) is 3. The molecule has 1 saturated heterocycles. The zero-order valence-electron chi connectivity index (χ0n) is 18.1. The average molecular weight is 412 g/mol. The topological polar surface area (TPSA) is 35.6 Å². The summed E-state index contributed by atoms with van der Waals surface area (Å²) >= 11 is 0. The Kier molecular flexibility index (Phi) is 5.58. The lowest BCUT2D eigenvalue weighted by molar-refractivity contribution is 0.0781. The van der Waals surface area contributed by atoms with Crippen LogP contribution < -0.4 is 5.32 Å². The van der Waals surface area contributed by atoms with E-state index in [0.717, 1.165) is 50.3 Å². The van der Waals surface area contributed by atoms with Gasteiger partial charge in [-0.15, -0.1) is 0 Å². The first-order chi connectivity index (χ1) is 15.2. The van der Waals surface area contributed by atoms with Gasteiger partial charge in [0.1, 0.15) is 0 Å². The summed E-state index contributed by atoms with van der Waals surface area (Å²) < 4.78 is 0. The van der Waals surface area contributed by atoms with Crippen LogP contribution in [0.15, 0.2) is 72.8 Å². The zero-order chi connectivity index (χ0) is 21.2. The molecule has 4 nitrogen and oxygen atoms in total. The van der Waals surface area contributed by atoms with Gasteiger partial charge < -0.3 is 10.2 Å². The molecule has 2 aliphatic heterocycles. The molecule has 158 valence electrons. The van der Waals surface area contributed by atoms with Crippen molar-refractivity contribution in [3.63, 3.8) is 0 Å². The third kappa shape index (κ3) is 4.01. The molecule has 4 heteroatoms. The van der Waals surface area contributed by atoms with E-state index in [4.69, 9.17) is 0 Å². The van der Waals surface area contributed by atoms with Crippen LogP contribution in [-0.2, 0) is 6.42 Å². The first kappa shape index (κ1) is 20.0. The van der Waals surface area contributed by atoms with Gasteiger partial charge in [0.25, 0.3) is 5.91 Å². The van der Waals surface area contributed by atoms with Crippen LogP contribution in [0, 0.1) is 0 Å². The molecule has 2 heterocycles. The van der Waals surface area contributed by atoms with E-state index in [-0.39, 0.29) is 11.9 Å². The van der Waals surface area contributed by atoms with E-state index in [9.17, 15) is 4.79 Å². The Balaban J connectivity index is 1.45. The number of likely N-dealkylation sites (N-methyl/N-ethyl adjacent to an activating group) is 1. The van der Waals surface area contributed by atoms with Gasteiger partial charge in [0.2, 0.25) is 0 Å². The highest BCUT2D eigenvalue weighted by Crippen LogP contribution is 2.32. The highest BCUT2D eigenvalue weighted by atomic mass is 16.2. The molecule has 1 atom stereocenters. The van der Waals surface area contributed by atoms with E-state index < -0.39 is 0 Å². The molecule has 0 bridgehead atoms. The quantitative estimate of drug-likeness (QED) is 0.706. The predicted octanol–water partition coefficient (Wildman–Crippen LogP) is 3.98. The lowest BCUT2D eigenvalue weighted by Crippen LogP contribution is -2.45. The van der Waals surface area contributed by atoms with Crippen molar-refractivity contribution in [1.82, 2.24) is 15.1 Å². The van der Waals surface area contributed by atoms with Gasteiger partial charge in [-0.05, 0) is 40.3 Å². The molecule has 1 unspecified atom stereocenters. The maximum absolute atomic E-state index is 12.4. The lowest BCUT2D eigenvalue weighted by atomic mass is 9.92. The fourth-order valence-electron chi connectivity index (χ4n) is 4.83. The van der Waals surface area contributed by atoms with Gasteiger partial charge in [0.15, 0.2) is 0 Å². The molecule has 1 amide bonds. The van der Waals surface area contributed by atoms with Crippen molar-refractivity contribution in [1.29, 1.82) is 0 Å². The van der Waals surface area contributed by atoms with Crippen LogP contribution in [0.3, 0.4) is 0 Å². The van der Waals surface area contributed by atoms with Crippen molar-refractivity contribution in [2.45, 2.75) is 12.5 Å². The van der Waals surface area contributed by atoms with Crippen LogP contribution in [0.2, 0.25) is 0 Å². The molecule has 3 aromatic carbocycles. The number of rotatable bonds is 4. The average Bonchev–Trinajstić information content (AvgIpc) is 2.83. The molecule has 0 radical (unpaired) electrons. The molecule has 31 heavy (non-hydrogen) atoms. The van der Waals surface area contributed by atoms with Crippen molar-refractivity contribution in [2.24, 2.45) is 0 Å². The second-order valence-electron chi connectivity index (χ2n) is 8.57. The van der Waals surface area contributed by atoms with Gasteiger partial charge in [0.05, 0.1) is 6.04 Å². The minimum atomic E-state index is 0.130. The van der Waals surface area contributed by atoms with Crippen molar-refractivity contribution >= 4 is 5.91 Å². The van der Waals surface area contributed by atoms with Crippen LogP contribution in [0.5, 0.6) is 0 Å². The molecule has 0 saturated carbocycles. The van der Waals surface area contributed by atoms with Crippen molar-refractivity contribution in [2.75, 3.05) is 39.8 Å². The summed E-state index contributed by atoms with van der Waals surface area (Å²) in [6.45, 7) is 4.95. The summed E-state index contributed by atoms with van der Waals surface area (Å²) in [5, 5.41) is 3.47. The van der Waals surface area contributed by atoms with Crippen molar-refractivity contribution in [3.05, 3.63) is 95.1 Å². The molecule has 0 aromatic heterocycles. The van der Waals surface area contributed by atoms with E-state index in [1.165, 1.54) is 22.3 Å². The number of piperazine rings is 1. The monoisotopic (exact) mass is 411 g/mol. The molecule has 1 N–H and O–H groups in total. The summed E-state index contributed by atoms with van der Waals surface area (Å²) in [4.78, 5) is 16.8. The summed E-state index contributed by atoms with van der Waals surface area (Å²) in [6.07, 6.45) is 0.919. The second-order valence-corrected chi connectivity index (χ2v) is 8.57. The third-order valence-corrected chi connectivity index (χ3v) is 6.59. The van der Waals surface area contributed by atoms with Gasteiger partial charge in [-0.2, -0.15) is 0 Å². The Labute approximate surface area is 184 Å². The number of carbonyl (C=O) groups is 1. The van der Waals surface area contributed by atoms with E-state index in [0.29, 0.717) is 0 Å². The molecule has 2 aliphatic rings.